The molecule has 0 spiro atoms. The largest absolute Gasteiger partial charge is 0.337 e. The molecule has 0 bridgehead atoms. The lowest BCUT2D eigenvalue weighted by atomic mass is 10.1. The SMILES string of the molecule is CC(C)CN1CCCN(C(=O)Cn2cccn2)Cc2cc(F)ccc2N(C(=O)c2cccnc2)CCC1. The molecule has 0 saturated carbocycles. The van der Waals surface area contributed by atoms with Gasteiger partial charge in [0.05, 0.1) is 5.56 Å². The Hall–Kier alpha value is -3.59. The van der Waals surface area contributed by atoms with E-state index in [0.29, 0.717) is 35.8 Å². The van der Waals surface area contributed by atoms with Crippen LogP contribution in [0.5, 0.6) is 0 Å². The van der Waals surface area contributed by atoms with Crippen LogP contribution in [0.15, 0.2) is 61.2 Å². The first-order chi connectivity index (χ1) is 17.9. The summed E-state index contributed by atoms with van der Waals surface area (Å²) < 4.78 is 16.1. The Bertz CT molecular complexity index is 1170. The fourth-order valence-corrected chi connectivity index (χ4v) is 4.80. The molecule has 9 heteroatoms. The number of nitrogens with zero attached hydrogens (tertiary/aromatic N) is 6. The van der Waals surface area contributed by atoms with Crippen LogP contribution in [0.25, 0.3) is 0 Å². The summed E-state index contributed by atoms with van der Waals surface area (Å²) >= 11 is 0. The van der Waals surface area contributed by atoms with E-state index in [1.165, 1.54) is 12.1 Å². The number of halogens is 1. The lowest BCUT2D eigenvalue weighted by Crippen LogP contribution is -2.40. The molecule has 0 fully saturated rings. The number of carbonyl (C=O) groups excluding carboxylic acids is 2. The molecule has 37 heavy (non-hydrogen) atoms. The first-order valence-electron chi connectivity index (χ1n) is 12.9. The molecule has 0 atom stereocenters. The van der Waals surface area contributed by atoms with Gasteiger partial charge in [-0.3, -0.25) is 19.3 Å². The van der Waals surface area contributed by atoms with Crippen molar-refractivity contribution in [2.75, 3.05) is 37.6 Å². The number of anilines is 1. The van der Waals surface area contributed by atoms with Crippen LogP contribution in [0.2, 0.25) is 0 Å². The minimum absolute atomic E-state index is 0.100. The number of carbonyl (C=O) groups is 2. The van der Waals surface area contributed by atoms with E-state index < -0.39 is 5.82 Å². The first-order valence-corrected chi connectivity index (χ1v) is 12.9. The Labute approximate surface area is 217 Å². The summed E-state index contributed by atoms with van der Waals surface area (Å²) in [5.74, 6) is -0.191. The van der Waals surface area contributed by atoms with Crippen LogP contribution in [0.4, 0.5) is 10.1 Å². The fraction of sp³-hybridized carbons (Fsp3) is 0.429. The van der Waals surface area contributed by atoms with Gasteiger partial charge in [-0.2, -0.15) is 5.10 Å². The third-order valence-electron chi connectivity index (χ3n) is 6.44. The average Bonchev–Trinajstić information content (AvgIpc) is 3.38. The van der Waals surface area contributed by atoms with Gasteiger partial charge in [0.15, 0.2) is 0 Å². The van der Waals surface area contributed by atoms with E-state index in [0.717, 1.165) is 32.5 Å². The minimum Gasteiger partial charge on any atom is -0.337 e. The maximum absolute atomic E-state index is 14.5. The Morgan fingerprint density at radius 3 is 2.54 bits per heavy atom. The number of amides is 2. The Morgan fingerprint density at radius 1 is 1.03 bits per heavy atom. The summed E-state index contributed by atoms with van der Waals surface area (Å²) in [6.07, 6.45) is 8.15. The molecule has 0 radical (unpaired) electrons. The van der Waals surface area contributed by atoms with E-state index in [1.807, 2.05) is 0 Å². The van der Waals surface area contributed by atoms with Crippen LogP contribution in [-0.2, 0) is 17.9 Å². The van der Waals surface area contributed by atoms with E-state index >= 15 is 0 Å². The molecule has 1 aliphatic rings. The van der Waals surface area contributed by atoms with Crippen LogP contribution in [0, 0.1) is 11.7 Å². The molecule has 1 aliphatic heterocycles. The molecular formula is C28H35FN6O2. The quantitative estimate of drug-likeness (QED) is 0.526. The molecule has 8 nitrogen and oxygen atoms in total. The highest BCUT2D eigenvalue weighted by molar-refractivity contribution is 6.06. The molecule has 2 amide bonds. The zero-order valence-electron chi connectivity index (χ0n) is 21.6. The predicted molar refractivity (Wildman–Crippen MR) is 140 cm³/mol. The maximum Gasteiger partial charge on any atom is 0.259 e. The third kappa shape index (κ3) is 7.22. The van der Waals surface area contributed by atoms with E-state index in [-0.39, 0.29) is 24.9 Å². The number of pyridine rings is 1. The lowest BCUT2D eigenvalue weighted by Gasteiger charge is -2.32. The van der Waals surface area contributed by atoms with Crippen LogP contribution >= 0.6 is 0 Å². The molecule has 0 N–H and O–H groups in total. The second kappa shape index (κ2) is 12.6. The highest BCUT2D eigenvalue weighted by Crippen LogP contribution is 2.26. The van der Waals surface area contributed by atoms with Gasteiger partial charge in [0.25, 0.3) is 5.91 Å². The number of benzene rings is 1. The van der Waals surface area contributed by atoms with Gasteiger partial charge in [0, 0.05) is 56.7 Å². The van der Waals surface area contributed by atoms with Crippen molar-refractivity contribution in [3.8, 4) is 0 Å². The van der Waals surface area contributed by atoms with Gasteiger partial charge in [-0.05, 0) is 73.8 Å². The Kier molecular flexibility index (Phi) is 9.00. The molecule has 3 heterocycles. The summed E-state index contributed by atoms with van der Waals surface area (Å²) in [7, 11) is 0. The van der Waals surface area contributed by atoms with Crippen molar-refractivity contribution < 1.29 is 14.0 Å². The maximum atomic E-state index is 14.5. The summed E-state index contributed by atoms with van der Waals surface area (Å²) in [6.45, 7) is 8.31. The van der Waals surface area contributed by atoms with Crippen molar-refractivity contribution in [3.05, 3.63) is 78.1 Å². The van der Waals surface area contributed by atoms with E-state index in [4.69, 9.17) is 0 Å². The summed E-state index contributed by atoms with van der Waals surface area (Å²) in [4.78, 5) is 37.0. The van der Waals surface area contributed by atoms with Crippen molar-refractivity contribution in [1.29, 1.82) is 0 Å². The predicted octanol–water partition coefficient (Wildman–Crippen LogP) is 3.84. The van der Waals surface area contributed by atoms with Crippen LogP contribution in [0.3, 0.4) is 0 Å². The van der Waals surface area contributed by atoms with Crippen molar-refractivity contribution >= 4 is 17.5 Å². The summed E-state index contributed by atoms with van der Waals surface area (Å²) in [5, 5.41) is 4.17. The molecular weight excluding hydrogens is 471 g/mol. The minimum atomic E-state index is -0.401. The smallest absolute Gasteiger partial charge is 0.259 e. The summed E-state index contributed by atoms with van der Waals surface area (Å²) in [6, 6.07) is 9.70. The number of aromatic nitrogens is 3. The van der Waals surface area contributed by atoms with Crippen molar-refractivity contribution in [2.45, 2.75) is 39.8 Å². The van der Waals surface area contributed by atoms with Gasteiger partial charge in [0.2, 0.25) is 5.91 Å². The van der Waals surface area contributed by atoms with Gasteiger partial charge < -0.3 is 14.7 Å². The molecule has 2 aromatic heterocycles. The molecule has 4 rings (SSSR count). The molecule has 0 unspecified atom stereocenters. The molecule has 3 aromatic rings. The van der Waals surface area contributed by atoms with Gasteiger partial charge >= 0.3 is 0 Å². The monoisotopic (exact) mass is 506 g/mol. The van der Waals surface area contributed by atoms with Crippen LogP contribution < -0.4 is 4.90 Å². The number of hydrogen-bond donors (Lipinski definition) is 0. The van der Waals surface area contributed by atoms with Crippen LogP contribution in [0.1, 0.15) is 42.6 Å². The van der Waals surface area contributed by atoms with Crippen molar-refractivity contribution in [3.63, 3.8) is 0 Å². The second-order valence-corrected chi connectivity index (χ2v) is 9.89. The van der Waals surface area contributed by atoms with Gasteiger partial charge in [-0.15, -0.1) is 0 Å². The highest BCUT2D eigenvalue weighted by atomic mass is 19.1. The normalized spacial score (nSPS) is 15.7. The number of hydrogen-bond acceptors (Lipinski definition) is 5. The highest BCUT2D eigenvalue weighted by Gasteiger charge is 2.25. The van der Waals surface area contributed by atoms with E-state index in [2.05, 4.69) is 28.8 Å². The third-order valence-corrected chi connectivity index (χ3v) is 6.44. The zero-order chi connectivity index (χ0) is 26.2. The van der Waals surface area contributed by atoms with Crippen LogP contribution in [-0.4, -0.2) is 69.1 Å². The van der Waals surface area contributed by atoms with Gasteiger partial charge in [-0.25, -0.2) is 4.39 Å². The molecule has 1 aromatic carbocycles. The second-order valence-electron chi connectivity index (χ2n) is 9.89. The van der Waals surface area contributed by atoms with Gasteiger partial charge in [0.1, 0.15) is 12.4 Å². The standard InChI is InChI=1S/C28H35FN6O2/c1-22(2)19-32-12-5-14-33(27(36)21-34-15-4-11-31-34)20-24-17-25(29)8-9-26(24)35(16-6-13-32)28(37)23-7-3-10-30-18-23/h3-4,7-11,15,17-18,22H,5-6,12-14,16,19-21H2,1-2H3. The fourth-order valence-electron chi connectivity index (χ4n) is 4.80. The average molecular weight is 507 g/mol. The number of fused-ring (bicyclic) bond motifs is 1. The Morgan fingerprint density at radius 2 is 1.84 bits per heavy atom. The zero-order valence-corrected chi connectivity index (χ0v) is 21.6. The summed E-state index contributed by atoms with van der Waals surface area (Å²) in [5.41, 5.74) is 1.68. The molecule has 0 saturated heterocycles. The van der Waals surface area contributed by atoms with Gasteiger partial charge in [-0.1, -0.05) is 13.8 Å². The molecule has 196 valence electrons. The van der Waals surface area contributed by atoms with E-state index in [9.17, 15) is 14.0 Å². The lowest BCUT2D eigenvalue weighted by molar-refractivity contribution is -0.132. The van der Waals surface area contributed by atoms with E-state index in [1.54, 1.807) is 63.5 Å². The molecule has 0 aliphatic carbocycles. The number of rotatable bonds is 5. The Balaban J connectivity index is 1.69. The van der Waals surface area contributed by atoms with Crippen molar-refractivity contribution in [1.82, 2.24) is 24.6 Å². The topological polar surface area (TPSA) is 74.6 Å². The van der Waals surface area contributed by atoms with Crippen molar-refractivity contribution in [2.24, 2.45) is 5.92 Å². The first kappa shape index (κ1) is 26.5.